The first kappa shape index (κ1) is 15.0. The number of pyridine rings is 1. The Hall–Kier alpha value is -1.95. The molecule has 3 aromatic heterocycles. The molecule has 0 aliphatic heterocycles. The number of thiophene rings is 1. The predicted molar refractivity (Wildman–Crippen MR) is 91.2 cm³/mol. The van der Waals surface area contributed by atoms with Crippen LogP contribution in [0.2, 0.25) is 0 Å². The van der Waals surface area contributed by atoms with Crippen molar-refractivity contribution in [2.75, 3.05) is 5.32 Å². The third-order valence-corrected chi connectivity index (χ3v) is 5.68. The molecule has 0 spiro atoms. The molecule has 0 atom stereocenters. The normalized spacial score (nSPS) is 12.2. The first-order valence-electron chi connectivity index (χ1n) is 7.52. The number of rotatable bonds is 4. The highest BCUT2D eigenvalue weighted by Gasteiger charge is 2.30. The molecule has 3 aromatic rings. The maximum Gasteiger partial charge on any atom is 0.231 e. The average Bonchev–Trinajstić information content (AvgIpc) is 3.05. The molecule has 0 fully saturated rings. The van der Waals surface area contributed by atoms with E-state index in [0.29, 0.717) is 5.82 Å². The Labute approximate surface area is 133 Å². The minimum absolute atomic E-state index is 0.0305. The summed E-state index contributed by atoms with van der Waals surface area (Å²) in [5.41, 5.74) is 0.664. The van der Waals surface area contributed by atoms with Crippen molar-refractivity contribution in [3.05, 3.63) is 18.3 Å². The monoisotopic (exact) mass is 316 g/mol. The molecule has 5 nitrogen and oxygen atoms in total. The topological polar surface area (TPSA) is 59.8 Å². The van der Waals surface area contributed by atoms with Gasteiger partial charge in [0.2, 0.25) is 5.91 Å². The molecule has 1 N–H and O–H groups in total. The van der Waals surface area contributed by atoms with Crippen LogP contribution in [0.5, 0.6) is 0 Å². The highest BCUT2D eigenvalue weighted by atomic mass is 32.1. The van der Waals surface area contributed by atoms with E-state index in [1.807, 2.05) is 44.6 Å². The number of hydrogen-bond acceptors (Lipinski definition) is 4. The fraction of sp³-hybridized carbons (Fsp3) is 0.438. The standard InChI is InChI=1S/C16H20N4OS/c1-5-16(3,6-2)15(21)18-13-12-11(20(4)19-13)10-8-7-9-17-14(10)22-12/h7-9H,5-6H2,1-4H3,(H,18,19,21). The van der Waals surface area contributed by atoms with Gasteiger partial charge in [0, 0.05) is 24.0 Å². The van der Waals surface area contributed by atoms with Gasteiger partial charge in [-0.05, 0) is 25.0 Å². The highest BCUT2D eigenvalue weighted by molar-refractivity contribution is 7.26. The Morgan fingerprint density at radius 2 is 2.14 bits per heavy atom. The second-order valence-corrected chi connectivity index (χ2v) is 6.83. The van der Waals surface area contributed by atoms with E-state index in [2.05, 4.69) is 15.4 Å². The third kappa shape index (κ3) is 2.18. The lowest BCUT2D eigenvalue weighted by atomic mass is 9.84. The van der Waals surface area contributed by atoms with Gasteiger partial charge in [0.1, 0.15) is 4.83 Å². The molecule has 1 amide bonds. The molecule has 0 saturated carbocycles. The van der Waals surface area contributed by atoms with Gasteiger partial charge in [0.25, 0.3) is 0 Å². The van der Waals surface area contributed by atoms with E-state index in [1.165, 1.54) is 0 Å². The first-order valence-corrected chi connectivity index (χ1v) is 8.33. The van der Waals surface area contributed by atoms with Crippen molar-refractivity contribution in [1.82, 2.24) is 14.8 Å². The Morgan fingerprint density at radius 1 is 1.41 bits per heavy atom. The van der Waals surface area contributed by atoms with Crippen LogP contribution in [-0.4, -0.2) is 20.7 Å². The Bertz CT molecular complexity index is 844. The summed E-state index contributed by atoms with van der Waals surface area (Å²) in [6.45, 7) is 6.08. The Balaban J connectivity index is 2.07. The van der Waals surface area contributed by atoms with Crippen LogP contribution in [0.15, 0.2) is 18.3 Å². The van der Waals surface area contributed by atoms with E-state index in [-0.39, 0.29) is 11.3 Å². The molecule has 0 unspecified atom stereocenters. The zero-order valence-corrected chi connectivity index (χ0v) is 14.1. The molecule has 0 aliphatic rings. The summed E-state index contributed by atoms with van der Waals surface area (Å²) in [6, 6.07) is 3.96. The largest absolute Gasteiger partial charge is 0.308 e. The van der Waals surface area contributed by atoms with Crippen LogP contribution in [0.1, 0.15) is 33.6 Å². The lowest BCUT2D eigenvalue weighted by Gasteiger charge is -2.24. The maximum absolute atomic E-state index is 12.6. The van der Waals surface area contributed by atoms with Crippen molar-refractivity contribution in [3.63, 3.8) is 0 Å². The molecule has 0 aromatic carbocycles. The van der Waals surface area contributed by atoms with Gasteiger partial charge < -0.3 is 5.32 Å². The third-order valence-electron chi connectivity index (χ3n) is 4.57. The number of fused-ring (bicyclic) bond motifs is 3. The summed E-state index contributed by atoms with van der Waals surface area (Å²) < 4.78 is 2.81. The van der Waals surface area contributed by atoms with E-state index in [4.69, 9.17) is 0 Å². The van der Waals surface area contributed by atoms with Gasteiger partial charge in [-0.2, -0.15) is 5.10 Å². The molecule has 3 rings (SSSR count). The molecule has 0 bridgehead atoms. The average molecular weight is 316 g/mol. The number of amides is 1. The molecular weight excluding hydrogens is 296 g/mol. The summed E-state index contributed by atoms with van der Waals surface area (Å²) >= 11 is 1.57. The summed E-state index contributed by atoms with van der Waals surface area (Å²) in [5, 5.41) is 8.59. The van der Waals surface area contributed by atoms with Gasteiger partial charge in [0.05, 0.1) is 10.2 Å². The zero-order valence-electron chi connectivity index (χ0n) is 13.3. The van der Waals surface area contributed by atoms with E-state index < -0.39 is 0 Å². The van der Waals surface area contributed by atoms with Gasteiger partial charge in [0.15, 0.2) is 5.82 Å². The fourth-order valence-electron chi connectivity index (χ4n) is 2.56. The Morgan fingerprint density at radius 3 is 2.82 bits per heavy atom. The molecular formula is C16H20N4OS. The van der Waals surface area contributed by atoms with Gasteiger partial charge >= 0.3 is 0 Å². The second kappa shape index (κ2) is 5.35. The van der Waals surface area contributed by atoms with Gasteiger partial charge in [-0.3, -0.25) is 9.48 Å². The summed E-state index contributed by atoms with van der Waals surface area (Å²) in [4.78, 5) is 18.0. The number of aryl methyl sites for hydroxylation is 1. The molecule has 0 aliphatic carbocycles. The van der Waals surface area contributed by atoms with Gasteiger partial charge in [-0.1, -0.05) is 20.8 Å². The van der Waals surface area contributed by atoms with Crippen LogP contribution >= 0.6 is 11.3 Å². The number of aromatic nitrogens is 3. The van der Waals surface area contributed by atoms with Crippen LogP contribution in [0, 0.1) is 5.41 Å². The fourth-order valence-corrected chi connectivity index (χ4v) is 3.67. The van der Waals surface area contributed by atoms with Crippen molar-refractivity contribution in [2.45, 2.75) is 33.6 Å². The number of carbonyl (C=O) groups excluding carboxylic acids is 1. The lowest BCUT2D eigenvalue weighted by Crippen LogP contribution is -2.32. The van der Waals surface area contributed by atoms with E-state index in [9.17, 15) is 4.79 Å². The van der Waals surface area contributed by atoms with E-state index in [1.54, 1.807) is 17.5 Å². The Kier molecular flexibility index (Phi) is 3.64. The van der Waals surface area contributed by atoms with E-state index >= 15 is 0 Å². The van der Waals surface area contributed by atoms with Crippen LogP contribution in [0.3, 0.4) is 0 Å². The maximum atomic E-state index is 12.6. The predicted octanol–water partition coefficient (Wildman–Crippen LogP) is 3.95. The number of hydrogen-bond donors (Lipinski definition) is 1. The van der Waals surface area contributed by atoms with Crippen molar-refractivity contribution >= 4 is 43.5 Å². The second-order valence-electron chi connectivity index (χ2n) is 5.83. The van der Waals surface area contributed by atoms with Crippen molar-refractivity contribution in [1.29, 1.82) is 0 Å². The van der Waals surface area contributed by atoms with Crippen LogP contribution in [-0.2, 0) is 11.8 Å². The minimum atomic E-state index is -0.362. The van der Waals surface area contributed by atoms with Gasteiger partial charge in [-0.25, -0.2) is 4.98 Å². The number of carbonyl (C=O) groups is 1. The molecule has 3 heterocycles. The molecule has 22 heavy (non-hydrogen) atoms. The molecule has 0 radical (unpaired) electrons. The number of nitrogens with one attached hydrogen (secondary N) is 1. The van der Waals surface area contributed by atoms with Crippen molar-refractivity contribution < 1.29 is 4.79 Å². The minimum Gasteiger partial charge on any atom is -0.308 e. The number of nitrogens with zero attached hydrogens (tertiary/aromatic N) is 3. The summed E-state index contributed by atoms with van der Waals surface area (Å²) in [5.74, 6) is 0.668. The van der Waals surface area contributed by atoms with Crippen molar-refractivity contribution in [2.24, 2.45) is 12.5 Å². The first-order chi connectivity index (χ1) is 10.5. The van der Waals surface area contributed by atoms with Crippen LogP contribution in [0.25, 0.3) is 20.4 Å². The van der Waals surface area contributed by atoms with Crippen molar-refractivity contribution in [3.8, 4) is 0 Å². The highest BCUT2D eigenvalue weighted by Crippen LogP contribution is 2.37. The molecule has 116 valence electrons. The van der Waals surface area contributed by atoms with Gasteiger partial charge in [-0.15, -0.1) is 11.3 Å². The quantitative estimate of drug-likeness (QED) is 0.793. The van der Waals surface area contributed by atoms with Crippen LogP contribution < -0.4 is 5.32 Å². The SMILES string of the molecule is CCC(C)(CC)C(=O)Nc1nn(C)c2c1sc1ncccc12. The molecule has 0 saturated heterocycles. The zero-order chi connectivity index (χ0) is 15.9. The lowest BCUT2D eigenvalue weighted by molar-refractivity contribution is -0.125. The number of anilines is 1. The summed E-state index contributed by atoms with van der Waals surface area (Å²) in [7, 11) is 1.90. The van der Waals surface area contributed by atoms with E-state index in [0.717, 1.165) is 33.3 Å². The smallest absolute Gasteiger partial charge is 0.231 e. The molecule has 6 heteroatoms. The van der Waals surface area contributed by atoms with Crippen LogP contribution in [0.4, 0.5) is 5.82 Å². The summed E-state index contributed by atoms with van der Waals surface area (Å²) in [6.07, 6.45) is 3.40.